The summed E-state index contributed by atoms with van der Waals surface area (Å²) < 4.78 is 0. The first kappa shape index (κ1) is 23.3. The first-order chi connectivity index (χ1) is 17.5. The minimum atomic E-state index is -0.130. The van der Waals surface area contributed by atoms with Gasteiger partial charge in [0.2, 0.25) is 5.91 Å². The van der Waals surface area contributed by atoms with Crippen molar-refractivity contribution in [3.05, 3.63) is 71.3 Å². The van der Waals surface area contributed by atoms with E-state index < -0.39 is 0 Å². The normalized spacial score (nSPS) is 28.7. The predicted molar refractivity (Wildman–Crippen MR) is 137 cm³/mol. The summed E-state index contributed by atoms with van der Waals surface area (Å²) in [5, 5.41) is 3.23. The second-order valence-corrected chi connectivity index (χ2v) is 11.5. The van der Waals surface area contributed by atoms with E-state index in [1.807, 2.05) is 64.4 Å². The number of nitrogens with one attached hydrogen (secondary N) is 1. The van der Waals surface area contributed by atoms with Crippen molar-refractivity contribution in [2.24, 2.45) is 23.2 Å². The van der Waals surface area contributed by atoms with E-state index in [1.54, 1.807) is 0 Å². The van der Waals surface area contributed by atoms with Crippen molar-refractivity contribution in [3.63, 3.8) is 0 Å². The molecule has 4 bridgehead atoms. The first-order valence-electron chi connectivity index (χ1n) is 13.5. The number of carbonyl (C=O) groups is 3. The number of rotatable bonds is 5. The van der Waals surface area contributed by atoms with Gasteiger partial charge in [0, 0.05) is 49.3 Å². The molecule has 1 aliphatic heterocycles. The second kappa shape index (κ2) is 9.38. The number of piperazine rings is 1. The standard InChI is InChI=1S/C30H35N3O3/c34-27(25-4-2-1-3-5-25)32-10-12-33(13-11-32)28(35)26-8-6-21(7-9-26)20-31-29(36)30-17-22-14-23(18-30)16-24(15-22)19-30/h1-9,22-24H,10-20H2,(H,31,36). The van der Waals surface area contributed by atoms with E-state index in [4.69, 9.17) is 0 Å². The fourth-order valence-electron chi connectivity index (χ4n) is 7.58. The molecule has 0 spiro atoms. The van der Waals surface area contributed by atoms with E-state index in [-0.39, 0.29) is 23.1 Å². The smallest absolute Gasteiger partial charge is 0.253 e. The lowest BCUT2D eigenvalue weighted by Crippen LogP contribution is -2.53. The lowest BCUT2D eigenvalue weighted by Gasteiger charge is -2.55. The van der Waals surface area contributed by atoms with Gasteiger partial charge in [0.1, 0.15) is 0 Å². The fraction of sp³-hybridized carbons (Fsp3) is 0.500. The van der Waals surface area contributed by atoms with Gasteiger partial charge in [-0.25, -0.2) is 0 Å². The Bertz CT molecular complexity index is 1100. The van der Waals surface area contributed by atoms with Crippen LogP contribution < -0.4 is 5.32 Å². The summed E-state index contributed by atoms with van der Waals surface area (Å²) in [5.41, 5.74) is 2.22. The molecule has 7 rings (SSSR count). The quantitative estimate of drug-likeness (QED) is 0.693. The van der Waals surface area contributed by atoms with Gasteiger partial charge in [0.15, 0.2) is 0 Å². The van der Waals surface area contributed by atoms with Crippen LogP contribution in [0.5, 0.6) is 0 Å². The van der Waals surface area contributed by atoms with E-state index in [0.29, 0.717) is 43.9 Å². The zero-order chi connectivity index (χ0) is 24.7. The van der Waals surface area contributed by atoms with Crippen LogP contribution in [0.15, 0.2) is 54.6 Å². The molecule has 1 saturated heterocycles. The van der Waals surface area contributed by atoms with Gasteiger partial charge in [0.05, 0.1) is 0 Å². The van der Waals surface area contributed by atoms with Crippen LogP contribution in [0.25, 0.3) is 0 Å². The van der Waals surface area contributed by atoms with Crippen molar-refractivity contribution in [3.8, 4) is 0 Å². The highest BCUT2D eigenvalue weighted by Gasteiger charge is 2.54. The SMILES string of the molecule is O=C(c1ccccc1)N1CCN(C(=O)c2ccc(CNC(=O)C34CC5CC(CC(C5)C3)C4)cc2)CC1. The minimum Gasteiger partial charge on any atom is -0.352 e. The molecule has 6 nitrogen and oxygen atoms in total. The average Bonchev–Trinajstić information content (AvgIpc) is 2.91. The molecule has 2 aromatic carbocycles. The van der Waals surface area contributed by atoms with Crippen LogP contribution in [-0.2, 0) is 11.3 Å². The summed E-state index contributed by atoms with van der Waals surface area (Å²) in [4.78, 5) is 42.5. The van der Waals surface area contributed by atoms with Gasteiger partial charge >= 0.3 is 0 Å². The molecule has 3 amide bonds. The maximum absolute atomic E-state index is 13.2. The lowest BCUT2D eigenvalue weighted by molar-refractivity contribution is -0.146. The largest absolute Gasteiger partial charge is 0.352 e. The van der Waals surface area contributed by atoms with Gasteiger partial charge in [-0.3, -0.25) is 14.4 Å². The molecule has 4 aliphatic carbocycles. The summed E-state index contributed by atoms with van der Waals surface area (Å²) >= 11 is 0. The Hall–Kier alpha value is -3.15. The highest BCUT2D eigenvalue weighted by atomic mass is 16.2. The predicted octanol–water partition coefficient (Wildman–Crippen LogP) is 4.12. The number of benzene rings is 2. The Morgan fingerprint density at radius 2 is 1.17 bits per heavy atom. The molecule has 0 aromatic heterocycles. The molecule has 36 heavy (non-hydrogen) atoms. The molecule has 5 aliphatic rings. The zero-order valence-corrected chi connectivity index (χ0v) is 20.8. The Balaban J connectivity index is 1.01. The number of carbonyl (C=O) groups excluding carboxylic acids is 3. The number of amides is 3. The molecular weight excluding hydrogens is 450 g/mol. The summed E-state index contributed by atoms with van der Waals surface area (Å²) in [7, 11) is 0. The third-order valence-electron chi connectivity index (χ3n) is 9.05. The maximum Gasteiger partial charge on any atom is 0.253 e. The Kier molecular flexibility index (Phi) is 6.06. The summed E-state index contributed by atoms with van der Waals surface area (Å²) in [6.07, 6.45) is 7.22. The van der Waals surface area contributed by atoms with E-state index in [0.717, 1.165) is 42.6 Å². The van der Waals surface area contributed by atoms with Crippen molar-refractivity contribution < 1.29 is 14.4 Å². The number of hydrogen-bond donors (Lipinski definition) is 1. The molecule has 4 saturated carbocycles. The fourth-order valence-corrected chi connectivity index (χ4v) is 7.58. The molecule has 1 N–H and O–H groups in total. The molecule has 0 radical (unpaired) electrons. The number of nitrogens with zero attached hydrogens (tertiary/aromatic N) is 2. The zero-order valence-electron chi connectivity index (χ0n) is 20.8. The Morgan fingerprint density at radius 3 is 1.67 bits per heavy atom. The van der Waals surface area contributed by atoms with Crippen molar-refractivity contribution in [2.75, 3.05) is 26.2 Å². The van der Waals surface area contributed by atoms with Crippen molar-refractivity contribution >= 4 is 17.7 Å². The first-order valence-corrected chi connectivity index (χ1v) is 13.5. The molecule has 5 fully saturated rings. The third kappa shape index (κ3) is 4.42. The summed E-state index contributed by atoms with van der Waals surface area (Å²) in [6.45, 7) is 2.64. The van der Waals surface area contributed by atoms with Crippen LogP contribution >= 0.6 is 0 Å². The van der Waals surface area contributed by atoms with Crippen molar-refractivity contribution in [2.45, 2.75) is 45.1 Å². The van der Waals surface area contributed by atoms with Crippen LogP contribution in [0.2, 0.25) is 0 Å². The molecule has 188 valence electrons. The van der Waals surface area contributed by atoms with Crippen LogP contribution in [0.4, 0.5) is 0 Å². The van der Waals surface area contributed by atoms with E-state index in [2.05, 4.69) is 5.32 Å². The van der Waals surface area contributed by atoms with Gasteiger partial charge < -0.3 is 15.1 Å². The second-order valence-electron chi connectivity index (χ2n) is 11.5. The van der Waals surface area contributed by atoms with Crippen LogP contribution in [0.3, 0.4) is 0 Å². The summed E-state index contributed by atoms with van der Waals surface area (Å²) in [5.74, 6) is 2.51. The average molecular weight is 486 g/mol. The molecule has 0 atom stereocenters. The molecular formula is C30H35N3O3. The summed E-state index contributed by atoms with van der Waals surface area (Å²) in [6, 6.07) is 16.9. The topological polar surface area (TPSA) is 69.7 Å². The van der Waals surface area contributed by atoms with E-state index in [1.165, 1.54) is 19.3 Å². The molecule has 0 unspecified atom stereocenters. The molecule has 6 heteroatoms. The van der Waals surface area contributed by atoms with Gasteiger partial charge in [-0.15, -0.1) is 0 Å². The monoisotopic (exact) mass is 485 g/mol. The van der Waals surface area contributed by atoms with Crippen LogP contribution in [0.1, 0.15) is 64.8 Å². The maximum atomic E-state index is 13.2. The molecule has 1 heterocycles. The highest BCUT2D eigenvalue weighted by molar-refractivity contribution is 5.96. The van der Waals surface area contributed by atoms with Gasteiger partial charge in [0.25, 0.3) is 11.8 Å². The lowest BCUT2D eigenvalue weighted by atomic mass is 9.49. The Morgan fingerprint density at radius 1 is 0.694 bits per heavy atom. The van der Waals surface area contributed by atoms with Gasteiger partial charge in [-0.2, -0.15) is 0 Å². The van der Waals surface area contributed by atoms with E-state index in [9.17, 15) is 14.4 Å². The highest BCUT2D eigenvalue weighted by Crippen LogP contribution is 2.60. The number of hydrogen-bond acceptors (Lipinski definition) is 3. The van der Waals surface area contributed by atoms with Crippen molar-refractivity contribution in [1.29, 1.82) is 0 Å². The minimum absolute atomic E-state index is 0.00837. The van der Waals surface area contributed by atoms with Gasteiger partial charge in [-0.05, 0) is 86.1 Å². The Labute approximate surface area is 213 Å². The van der Waals surface area contributed by atoms with E-state index >= 15 is 0 Å². The van der Waals surface area contributed by atoms with Crippen molar-refractivity contribution in [1.82, 2.24) is 15.1 Å². The van der Waals surface area contributed by atoms with Gasteiger partial charge in [-0.1, -0.05) is 30.3 Å². The van der Waals surface area contributed by atoms with Crippen LogP contribution in [-0.4, -0.2) is 53.7 Å². The third-order valence-corrected chi connectivity index (χ3v) is 9.05. The molecule has 2 aromatic rings. The van der Waals surface area contributed by atoms with Crippen LogP contribution in [0, 0.1) is 23.2 Å².